The molecule has 0 radical (unpaired) electrons. The zero-order chi connectivity index (χ0) is 12.5. The lowest BCUT2D eigenvalue weighted by Gasteiger charge is -2.09. The largest absolute Gasteiger partial charge is 0.352 e. The van der Waals surface area contributed by atoms with Crippen LogP contribution in [0.3, 0.4) is 0 Å². The first-order chi connectivity index (χ1) is 8.72. The average molecular weight is 245 g/mol. The quantitative estimate of drug-likeness (QED) is 0.836. The molecule has 1 saturated heterocycles. The molecule has 0 aliphatic carbocycles. The van der Waals surface area contributed by atoms with E-state index in [9.17, 15) is 4.79 Å². The molecule has 1 unspecified atom stereocenters. The predicted molar refractivity (Wildman–Crippen MR) is 67.4 cm³/mol. The number of carbonyl (C=O) groups is 1. The molecular weight excluding hydrogens is 230 g/mol. The molecule has 2 N–H and O–H groups in total. The highest BCUT2D eigenvalue weighted by Gasteiger charge is 2.20. The predicted octanol–water partition coefficient (Wildman–Crippen LogP) is 0.728. The summed E-state index contributed by atoms with van der Waals surface area (Å²) in [5.74, 6) is 0.728. The first-order valence-electron chi connectivity index (χ1n) is 6.08. The Morgan fingerprint density at radius 3 is 3.17 bits per heavy atom. The second-order valence-electron chi connectivity index (χ2n) is 4.56. The van der Waals surface area contributed by atoms with Crippen molar-refractivity contribution in [3.8, 4) is 0 Å². The summed E-state index contributed by atoms with van der Waals surface area (Å²) >= 11 is 0. The lowest BCUT2D eigenvalue weighted by atomic mass is 10.2. The minimum absolute atomic E-state index is 0.126. The van der Waals surface area contributed by atoms with Gasteiger partial charge in [-0.1, -0.05) is 6.07 Å². The van der Waals surface area contributed by atoms with Crippen LogP contribution in [0.15, 0.2) is 18.2 Å². The van der Waals surface area contributed by atoms with E-state index < -0.39 is 0 Å². The maximum absolute atomic E-state index is 11.1. The number of aryl methyl sites for hydroxylation is 1. The van der Waals surface area contributed by atoms with Crippen molar-refractivity contribution in [3.63, 3.8) is 0 Å². The first kappa shape index (κ1) is 11.0. The molecule has 1 aliphatic rings. The molecule has 1 amide bonds. The second-order valence-corrected chi connectivity index (χ2v) is 4.56. The van der Waals surface area contributed by atoms with Gasteiger partial charge in [-0.3, -0.25) is 4.79 Å². The standard InChI is InChI=1S/C12H15N5O/c1-8-3-2-4-10-15-12(16-17(8)10)13-7-9-5-6-11(18)14-9/h2-4,9H,5-7H2,1H3,(H,13,16)(H,14,18). The molecular formula is C12H15N5O. The Balaban J connectivity index is 1.71. The van der Waals surface area contributed by atoms with Crippen molar-refractivity contribution < 1.29 is 4.79 Å². The van der Waals surface area contributed by atoms with Crippen molar-refractivity contribution in [3.05, 3.63) is 23.9 Å². The SMILES string of the molecule is Cc1cccc2nc(NCC3CCC(=O)N3)nn12. The van der Waals surface area contributed by atoms with Gasteiger partial charge in [-0.2, -0.15) is 4.98 Å². The number of rotatable bonds is 3. The molecule has 0 spiro atoms. The zero-order valence-electron chi connectivity index (χ0n) is 10.2. The van der Waals surface area contributed by atoms with Gasteiger partial charge >= 0.3 is 0 Å². The van der Waals surface area contributed by atoms with Crippen LogP contribution < -0.4 is 10.6 Å². The summed E-state index contributed by atoms with van der Waals surface area (Å²) < 4.78 is 1.80. The summed E-state index contributed by atoms with van der Waals surface area (Å²) in [6.45, 7) is 2.66. The molecule has 2 aromatic heterocycles. The number of hydrogen-bond acceptors (Lipinski definition) is 4. The van der Waals surface area contributed by atoms with Crippen molar-refractivity contribution in [1.29, 1.82) is 0 Å². The Labute approximate surface area is 104 Å². The number of nitrogens with zero attached hydrogens (tertiary/aromatic N) is 3. The fraction of sp³-hybridized carbons (Fsp3) is 0.417. The van der Waals surface area contributed by atoms with Gasteiger partial charge in [0.2, 0.25) is 11.9 Å². The first-order valence-corrected chi connectivity index (χ1v) is 6.08. The molecule has 2 aromatic rings. The molecule has 3 heterocycles. The summed E-state index contributed by atoms with van der Waals surface area (Å²) in [5, 5.41) is 10.4. The molecule has 18 heavy (non-hydrogen) atoms. The van der Waals surface area contributed by atoms with E-state index in [4.69, 9.17) is 0 Å². The van der Waals surface area contributed by atoms with E-state index >= 15 is 0 Å². The summed E-state index contributed by atoms with van der Waals surface area (Å²) in [6, 6.07) is 6.05. The van der Waals surface area contributed by atoms with Crippen LogP contribution in [0.5, 0.6) is 0 Å². The zero-order valence-corrected chi connectivity index (χ0v) is 10.2. The number of nitrogens with one attached hydrogen (secondary N) is 2. The van der Waals surface area contributed by atoms with Gasteiger partial charge in [-0.05, 0) is 25.5 Å². The van der Waals surface area contributed by atoms with E-state index in [1.807, 2.05) is 25.1 Å². The highest BCUT2D eigenvalue weighted by molar-refractivity contribution is 5.78. The van der Waals surface area contributed by atoms with Gasteiger partial charge in [0.05, 0.1) is 0 Å². The maximum atomic E-state index is 11.1. The Kier molecular flexibility index (Phi) is 2.62. The van der Waals surface area contributed by atoms with E-state index in [1.54, 1.807) is 4.52 Å². The van der Waals surface area contributed by atoms with Crippen LogP contribution in [0.25, 0.3) is 5.65 Å². The minimum atomic E-state index is 0.126. The second kappa shape index (κ2) is 4.29. The van der Waals surface area contributed by atoms with Gasteiger partial charge in [-0.15, -0.1) is 5.10 Å². The Bertz CT molecular complexity index is 591. The third-order valence-electron chi connectivity index (χ3n) is 3.14. The van der Waals surface area contributed by atoms with Gasteiger partial charge < -0.3 is 10.6 Å². The Morgan fingerprint density at radius 1 is 1.56 bits per heavy atom. The van der Waals surface area contributed by atoms with Gasteiger partial charge in [-0.25, -0.2) is 4.52 Å². The average Bonchev–Trinajstić information content (AvgIpc) is 2.93. The minimum Gasteiger partial charge on any atom is -0.352 e. The molecule has 6 nitrogen and oxygen atoms in total. The molecule has 6 heteroatoms. The highest BCUT2D eigenvalue weighted by Crippen LogP contribution is 2.10. The monoisotopic (exact) mass is 245 g/mol. The molecule has 94 valence electrons. The van der Waals surface area contributed by atoms with Crippen LogP contribution in [0.4, 0.5) is 5.95 Å². The van der Waals surface area contributed by atoms with Crippen LogP contribution >= 0.6 is 0 Å². The van der Waals surface area contributed by atoms with E-state index in [0.29, 0.717) is 18.9 Å². The molecule has 1 aliphatic heterocycles. The number of fused-ring (bicyclic) bond motifs is 1. The van der Waals surface area contributed by atoms with Crippen LogP contribution in [0, 0.1) is 6.92 Å². The van der Waals surface area contributed by atoms with Gasteiger partial charge in [0.1, 0.15) is 0 Å². The summed E-state index contributed by atoms with van der Waals surface area (Å²) in [7, 11) is 0. The van der Waals surface area contributed by atoms with E-state index in [2.05, 4.69) is 20.7 Å². The Morgan fingerprint density at radius 2 is 2.44 bits per heavy atom. The van der Waals surface area contributed by atoms with Crippen molar-refractivity contribution in [1.82, 2.24) is 19.9 Å². The van der Waals surface area contributed by atoms with Crippen LogP contribution in [-0.4, -0.2) is 33.1 Å². The van der Waals surface area contributed by atoms with E-state index in [1.165, 1.54) is 0 Å². The third-order valence-corrected chi connectivity index (χ3v) is 3.14. The van der Waals surface area contributed by atoms with Crippen molar-refractivity contribution in [2.24, 2.45) is 0 Å². The van der Waals surface area contributed by atoms with Gasteiger partial charge in [0, 0.05) is 24.7 Å². The van der Waals surface area contributed by atoms with Crippen molar-refractivity contribution >= 4 is 17.5 Å². The fourth-order valence-electron chi connectivity index (χ4n) is 2.16. The summed E-state index contributed by atoms with van der Waals surface area (Å²) in [4.78, 5) is 15.5. The number of aromatic nitrogens is 3. The number of carbonyl (C=O) groups excluding carboxylic acids is 1. The topological polar surface area (TPSA) is 71.3 Å². The molecule has 1 atom stereocenters. The highest BCUT2D eigenvalue weighted by atomic mass is 16.1. The van der Waals surface area contributed by atoms with Gasteiger partial charge in [0.15, 0.2) is 5.65 Å². The maximum Gasteiger partial charge on any atom is 0.243 e. The number of amides is 1. The van der Waals surface area contributed by atoms with Gasteiger partial charge in [0.25, 0.3) is 0 Å². The van der Waals surface area contributed by atoms with Crippen LogP contribution in [-0.2, 0) is 4.79 Å². The number of pyridine rings is 1. The van der Waals surface area contributed by atoms with Crippen molar-refractivity contribution in [2.75, 3.05) is 11.9 Å². The third kappa shape index (κ3) is 2.01. The summed E-state index contributed by atoms with van der Waals surface area (Å²) in [6.07, 6.45) is 1.49. The Hall–Kier alpha value is -2.11. The van der Waals surface area contributed by atoms with Crippen LogP contribution in [0.1, 0.15) is 18.5 Å². The van der Waals surface area contributed by atoms with Crippen LogP contribution in [0.2, 0.25) is 0 Å². The lowest BCUT2D eigenvalue weighted by molar-refractivity contribution is -0.119. The smallest absolute Gasteiger partial charge is 0.243 e. The normalized spacial score (nSPS) is 19.2. The summed E-state index contributed by atoms with van der Waals surface area (Å²) in [5.41, 5.74) is 1.87. The molecule has 0 bridgehead atoms. The molecule has 3 rings (SSSR count). The lowest BCUT2D eigenvalue weighted by Crippen LogP contribution is -2.32. The molecule has 1 fully saturated rings. The number of hydrogen-bond donors (Lipinski definition) is 2. The van der Waals surface area contributed by atoms with E-state index in [-0.39, 0.29) is 11.9 Å². The van der Waals surface area contributed by atoms with E-state index in [0.717, 1.165) is 17.8 Å². The molecule has 0 saturated carbocycles. The number of anilines is 1. The fourth-order valence-corrected chi connectivity index (χ4v) is 2.16. The molecule has 0 aromatic carbocycles. The van der Waals surface area contributed by atoms with Crippen molar-refractivity contribution in [2.45, 2.75) is 25.8 Å².